The SMILES string of the molecule is CC1=NN(c2ccc3c(c2)CCC3)C(=O)C1.Cc1cc(N)c(O)c(-c2cccc(C(=O)O)c2)c1.Cc1cc(N=Nc2c(C)[nH]n(-c3ccc4c(c3)CCC4)c2=O)c(O)c(-c2cccc(C(=O)O)c2)c1.Cc1cc(N=Nc2c(C)[nH]n(-c3ccc4c(c3)CCC4)c2=O)c(O)c(-c2cccc(C(=O)O)c2)c1.Cl. The predicted octanol–water partition coefficient (Wildman–Crippen LogP) is 16.9. The van der Waals surface area contributed by atoms with Gasteiger partial charge in [-0.25, -0.2) is 28.8 Å². The molecule has 2 aromatic heterocycles. The molecular weight excluding hydrogens is 1350 g/mol. The fourth-order valence-electron chi connectivity index (χ4n) is 13.3. The van der Waals surface area contributed by atoms with Crippen LogP contribution in [0.4, 0.5) is 34.1 Å². The normalized spacial score (nSPS) is 13.2. The van der Waals surface area contributed by atoms with Gasteiger partial charge in [0.15, 0.2) is 22.9 Å². The molecule has 0 saturated carbocycles. The first-order valence-electron chi connectivity index (χ1n) is 33.8. The molecule has 1 aliphatic heterocycles. The van der Waals surface area contributed by atoms with Crippen molar-refractivity contribution in [2.75, 3.05) is 10.7 Å². The van der Waals surface area contributed by atoms with Crippen molar-refractivity contribution in [3.63, 3.8) is 0 Å². The maximum atomic E-state index is 13.1. The first kappa shape index (κ1) is 73.5. The van der Waals surface area contributed by atoms with Crippen LogP contribution >= 0.6 is 12.4 Å². The summed E-state index contributed by atoms with van der Waals surface area (Å²) in [5, 5.41) is 87.9. The van der Waals surface area contributed by atoms with Gasteiger partial charge in [0.1, 0.15) is 17.1 Å². The van der Waals surface area contributed by atoms with Crippen LogP contribution in [0.2, 0.25) is 0 Å². The van der Waals surface area contributed by atoms with Crippen LogP contribution in [0, 0.1) is 34.6 Å². The van der Waals surface area contributed by atoms with Crippen LogP contribution in [0.5, 0.6) is 17.2 Å². The highest BCUT2D eigenvalue weighted by Crippen LogP contribution is 2.42. The van der Waals surface area contributed by atoms with Crippen molar-refractivity contribution in [2.24, 2.45) is 25.6 Å². The Morgan fingerprint density at radius 2 is 0.781 bits per heavy atom. The third kappa shape index (κ3) is 16.1. The molecule has 105 heavy (non-hydrogen) atoms. The molecule has 24 heteroatoms. The van der Waals surface area contributed by atoms with Gasteiger partial charge in [-0.1, -0.05) is 54.6 Å². The van der Waals surface area contributed by atoms with Crippen LogP contribution < -0.4 is 21.9 Å². The number of nitrogens with one attached hydrogen (secondary N) is 2. The Hall–Kier alpha value is -12.8. The summed E-state index contributed by atoms with van der Waals surface area (Å²) in [5.41, 5.74) is 24.4. The van der Waals surface area contributed by atoms with E-state index in [9.17, 15) is 54.3 Å². The minimum atomic E-state index is -1.05. The van der Waals surface area contributed by atoms with E-state index >= 15 is 0 Å². The second kappa shape index (κ2) is 31.2. The number of aromatic carboxylic acids is 3. The second-order valence-corrected chi connectivity index (χ2v) is 26.3. The summed E-state index contributed by atoms with van der Waals surface area (Å²) in [4.78, 5) is 71.6. The molecule has 0 spiro atoms. The zero-order chi connectivity index (χ0) is 73.8. The number of aryl methyl sites for hydroxylation is 11. The number of aromatic nitrogens is 4. The van der Waals surface area contributed by atoms with Crippen LogP contribution in [-0.4, -0.2) is 79.7 Å². The molecule has 0 unspecified atom stereocenters. The van der Waals surface area contributed by atoms with Crippen LogP contribution in [-0.2, 0) is 43.3 Å². The number of azo groups is 2. The van der Waals surface area contributed by atoms with Gasteiger partial charge in [0.05, 0.1) is 57.2 Å². The molecule has 0 radical (unpaired) electrons. The Balaban J connectivity index is 0.000000147. The van der Waals surface area contributed by atoms with Crippen molar-refractivity contribution in [3.8, 4) is 62.0 Å². The first-order valence-corrected chi connectivity index (χ1v) is 33.8. The monoisotopic (exact) mass is 1430 g/mol. The van der Waals surface area contributed by atoms with Gasteiger partial charge in [0.2, 0.25) is 0 Å². The summed E-state index contributed by atoms with van der Waals surface area (Å²) in [6.45, 7) is 10.9. The molecule has 23 nitrogen and oxygen atoms in total. The van der Waals surface area contributed by atoms with Gasteiger partial charge < -0.3 is 36.4 Å². The van der Waals surface area contributed by atoms with E-state index in [1.807, 2.05) is 58.0 Å². The zero-order valence-electron chi connectivity index (χ0n) is 58.4. The topological polar surface area (TPSA) is 356 Å². The smallest absolute Gasteiger partial charge is 0.335 e. The fraction of sp³-hybridized carbons (Fsp3) is 0.198. The number of carbonyl (C=O) groups is 4. The number of anilines is 2. The fourth-order valence-corrected chi connectivity index (χ4v) is 13.3. The summed E-state index contributed by atoms with van der Waals surface area (Å²) in [6, 6.07) is 47.5. The van der Waals surface area contributed by atoms with E-state index in [0.717, 1.165) is 84.4 Å². The number of phenols is 3. The average Bonchev–Trinajstić information content (AvgIpc) is 1.71. The Morgan fingerprint density at radius 3 is 1.15 bits per heavy atom. The number of carboxylic acids is 3. The summed E-state index contributed by atoms with van der Waals surface area (Å²) >= 11 is 0. The third-order valence-corrected chi connectivity index (χ3v) is 18.5. The summed E-state index contributed by atoms with van der Waals surface area (Å²) < 4.78 is 2.92. The van der Waals surface area contributed by atoms with Crippen molar-refractivity contribution >= 4 is 76.1 Å². The summed E-state index contributed by atoms with van der Waals surface area (Å²) in [7, 11) is 0. The van der Waals surface area contributed by atoms with Crippen molar-refractivity contribution in [1.82, 2.24) is 19.6 Å². The number of nitrogens with zero attached hydrogens (tertiary/aromatic N) is 8. The molecular formula is C81H76ClN11O12. The molecule has 9 aromatic carbocycles. The standard InChI is InChI=1S/2C27H24N4O4.C14H13NO3.C13H14N2O.ClH/c2*1-15-11-22(19-7-4-8-20(13-19)27(34)35)25(32)23(12-15)28-29-24-16(2)30-31(26(24)33)21-10-9-17-5-3-6-18(17)14-21;1-8-5-11(13(16)12(15)6-8)9-3-2-4-10(7-9)14(17)18;1-9-7-13(16)15(14-9)12-6-5-10-3-2-4-11(10)8-12;/h2*4,7-14,30,32H,3,5-6H2,1-2H3,(H,34,35);2-7,16H,15H2,1H3,(H,17,18);5-6,8H,2-4,7H2,1H3;1H. The van der Waals surface area contributed by atoms with E-state index in [-0.39, 0.29) is 91.8 Å². The molecule has 3 aliphatic carbocycles. The van der Waals surface area contributed by atoms with Crippen LogP contribution in [0.1, 0.15) is 125 Å². The Labute approximate surface area is 609 Å². The maximum Gasteiger partial charge on any atom is 0.335 e. The predicted molar refractivity (Wildman–Crippen MR) is 406 cm³/mol. The van der Waals surface area contributed by atoms with Gasteiger partial charge >= 0.3 is 17.9 Å². The van der Waals surface area contributed by atoms with Crippen LogP contribution in [0.25, 0.3) is 44.8 Å². The lowest BCUT2D eigenvalue weighted by molar-refractivity contribution is -0.116. The number of amides is 1. The number of aromatic hydroxyl groups is 3. The average molecular weight is 1430 g/mol. The van der Waals surface area contributed by atoms with Crippen LogP contribution in [0.3, 0.4) is 0 Å². The van der Waals surface area contributed by atoms with E-state index in [1.54, 1.807) is 86.6 Å². The van der Waals surface area contributed by atoms with Gasteiger partial charge in [0.25, 0.3) is 17.0 Å². The van der Waals surface area contributed by atoms with Crippen molar-refractivity contribution in [1.29, 1.82) is 0 Å². The first-order chi connectivity index (χ1) is 49.8. The molecule has 15 rings (SSSR count). The molecule has 0 saturated heterocycles. The minimum Gasteiger partial charge on any atom is -0.505 e. The van der Waals surface area contributed by atoms with Gasteiger partial charge in [-0.15, -0.1) is 32.9 Å². The molecule has 3 heterocycles. The number of fused-ring (bicyclic) bond motifs is 3. The van der Waals surface area contributed by atoms with Gasteiger partial charge in [-0.3, -0.25) is 24.6 Å². The molecule has 11 aromatic rings. The summed E-state index contributed by atoms with van der Waals surface area (Å²) in [5.74, 6) is -3.35. The number of carboxylic acid groups (broad SMARTS) is 3. The number of rotatable bonds is 13. The lowest BCUT2D eigenvalue weighted by Crippen LogP contribution is -2.19. The number of hydrazone groups is 1. The van der Waals surface area contributed by atoms with Crippen molar-refractivity contribution < 1.29 is 49.8 Å². The van der Waals surface area contributed by atoms with Gasteiger partial charge in [-0.05, 0) is 275 Å². The molecule has 0 bridgehead atoms. The third-order valence-electron chi connectivity index (χ3n) is 18.5. The van der Waals surface area contributed by atoms with Gasteiger partial charge in [0, 0.05) is 22.4 Å². The van der Waals surface area contributed by atoms with Crippen molar-refractivity contribution in [3.05, 3.63) is 263 Å². The molecule has 0 fully saturated rings. The number of carbonyl (C=O) groups excluding carboxylic acids is 1. The van der Waals surface area contributed by atoms with Gasteiger partial charge in [-0.2, -0.15) is 5.10 Å². The van der Waals surface area contributed by atoms with E-state index in [0.29, 0.717) is 51.2 Å². The highest BCUT2D eigenvalue weighted by atomic mass is 35.5. The maximum absolute atomic E-state index is 13.1. The van der Waals surface area contributed by atoms with E-state index in [4.69, 9.17) is 10.8 Å². The second-order valence-electron chi connectivity index (χ2n) is 26.3. The number of halogens is 1. The highest BCUT2D eigenvalue weighted by Gasteiger charge is 2.25. The summed E-state index contributed by atoms with van der Waals surface area (Å²) in [6.07, 6.45) is 10.4. The number of nitrogens with two attached hydrogens (primary N) is 1. The Bertz CT molecular complexity index is 5270. The number of aromatic amines is 2. The minimum absolute atomic E-state index is 0. The molecule has 1 amide bonds. The molecule has 534 valence electrons. The van der Waals surface area contributed by atoms with Crippen molar-refractivity contribution in [2.45, 2.75) is 106 Å². The lowest BCUT2D eigenvalue weighted by Gasteiger charge is -2.13. The largest absolute Gasteiger partial charge is 0.505 e. The zero-order valence-corrected chi connectivity index (χ0v) is 59.2. The Morgan fingerprint density at radius 1 is 0.429 bits per heavy atom. The highest BCUT2D eigenvalue weighted by molar-refractivity contribution is 6.12. The van der Waals surface area contributed by atoms with Crippen LogP contribution in [0.15, 0.2) is 199 Å². The number of phenolic OH excluding ortho intramolecular Hbond substituents is 3. The van der Waals surface area contributed by atoms with E-state index in [1.165, 1.54) is 97.0 Å². The lowest BCUT2D eigenvalue weighted by atomic mass is 9.99. The molecule has 4 aliphatic rings. The quantitative estimate of drug-likeness (QED) is 0.0295. The number of hydrogen-bond acceptors (Lipinski definition) is 15. The number of nitrogen functional groups attached to an aromatic ring is 1. The van der Waals surface area contributed by atoms with E-state index < -0.39 is 17.9 Å². The Kier molecular flexibility index (Phi) is 21.8. The number of hydrogen-bond donors (Lipinski definition) is 9. The number of H-pyrrole nitrogens is 2. The molecule has 0 atom stereocenters. The molecule has 10 N–H and O–H groups in total. The number of benzene rings is 9. The van der Waals surface area contributed by atoms with E-state index in [2.05, 4.69) is 60.0 Å².